The normalized spacial score (nSPS) is 11.5. The molecule has 4 heteroatoms. The maximum absolute atomic E-state index is 10.5. The van der Waals surface area contributed by atoms with Gasteiger partial charge in [0.1, 0.15) is 5.75 Å². The predicted octanol–water partition coefficient (Wildman–Crippen LogP) is 5.53. The van der Waals surface area contributed by atoms with E-state index in [1.54, 1.807) is 6.07 Å². The third kappa shape index (κ3) is 4.89. The molecule has 0 aliphatic heterocycles. The molecule has 4 nitrogen and oxygen atoms in total. The number of aromatic nitrogens is 1. The zero-order valence-corrected chi connectivity index (χ0v) is 16.4. The topological polar surface area (TPSA) is 49.5 Å². The number of hydrogen-bond donors (Lipinski definition) is 1. The van der Waals surface area contributed by atoms with Crippen molar-refractivity contribution < 1.29 is 9.63 Å². The highest BCUT2D eigenvalue weighted by Gasteiger charge is 2.18. The van der Waals surface area contributed by atoms with Crippen LogP contribution in [-0.2, 0) is 13.0 Å². The molecule has 2 aromatic carbocycles. The van der Waals surface area contributed by atoms with Crippen LogP contribution in [0, 0.1) is 0 Å². The summed E-state index contributed by atoms with van der Waals surface area (Å²) in [6.07, 6.45) is 5.39. The molecular weight excluding hydrogens is 336 g/mol. The quantitative estimate of drug-likeness (QED) is 0.513. The molecule has 0 saturated carbocycles. The number of unbranched alkanes of at least 4 members (excludes halogenated alkanes) is 2. The van der Waals surface area contributed by atoms with Gasteiger partial charge in [0.05, 0.1) is 11.3 Å². The van der Waals surface area contributed by atoms with Crippen molar-refractivity contribution in [1.29, 1.82) is 0 Å². The summed E-state index contributed by atoms with van der Waals surface area (Å²) in [4.78, 5) is 2.42. The average Bonchev–Trinajstić information content (AvgIpc) is 3.09. The number of benzene rings is 2. The second-order valence-electron chi connectivity index (χ2n) is 7.21. The standard InChI is InChI=1S/C23H30N2O2/c1-3-5-14-25(15-6-4-2)17-20-22(26)13-12-19-21(24-27-23(19)20)16-18-10-8-7-9-11-18/h7-13,26H,3-6,14-17H2,1-2H3. The summed E-state index contributed by atoms with van der Waals surface area (Å²) in [5, 5.41) is 15.8. The lowest BCUT2D eigenvalue weighted by Crippen LogP contribution is -2.25. The average molecular weight is 367 g/mol. The number of aromatic hydroxyl groups is 1. The van der Waals surface area contributed by atoms with Crippen LogP contribution in [0.5, 0.6) is 5.75 Å². The van der Waals surface area contributed by atoms with Crippen LogP contribution >= 0.6 is 0 Å². The fourth-order valence-corrected chi connectivity index (χ4v) is 3.43. The van der Waals surface area contributed by atoms with E-state index in [-0.39, 0.29) is 0 Å². The number of rotatable bonds is 10. The molecule has 3 aromatic rings. The maximum atomic E-state index is 10.5. The fraction of sp³-hybridized carbons (Fsp3) is 0.435. The summed E-state index contributed by atoms with van der Waals surface area (Å²) in [5.74, 6) is 0.294. The van der Waals surface area contributed by atoms with E-state index in [0.717, 1.165) is 54.6 Å². The number of nitrogens with zero attached hydrogens (tertiary/aromatic N) is 2. The van der Waals surface area contributed by atoms with Crippen molar-refractivity contribution in [3.8, 4) is 5.75 Å². The second kappa shape index (κ2) is 9.56. The monoisotopic (exact) mass is 366 g/mol. The molecule has 1 aromatic heterocycles. The fourth-order valence-electron chi connectivity index (χ4n) is 3.43. The third-order valence-electron chi connectivity index (χ3n) is 5.05. The molecule has 144 valence electrons. The lowest BCUT2D eigenvalue weighted by molar-refractivity contribution is 0.253. The highest BCUT2D eigenvalue weighted by Crippen LogP contribution is 2.31. The van der Waals surface area contributed by atoms with Gasteiger partial charge in [-0.05, 0) is 43.6 Å². The summed E-state index contributed by atoms with van der Waals surface area (Å²) in [5.41, 5.74) is 3.70. The molecule has 0 aliphatic rings. The Morgan fingerprint density at radius 1 is 0.963 bits per heavy atom. The smallest absolute Gasteiger partial charge is 0.175 e. The molecule has 0 amide bonds. The molecule has 0 saturated heterocycles. The molecule has 27 heavy (non-hydrogen) atoms. The van der Waals surface area contributed by atoms with Gasteiger partial charge in [-0.3, -0.25) is 4.90 Å². The number of phenolic OH excluding ortho intramolecular Hbond substituents is 1. The number of fused-ring (bicyclic) bond motifs is 1. The van der Waals surface area contributed by atoms with E-state index in [9.17, 15) is 5.11 Å². The Balaban J connectivity index is 1.87. The Labute approximate surface area is 161 Å². The first-order valence-corrected chi connectivity index (χ1v) is 10.1. The molecule has 1 N–H and O–H groups in total. The van der Waals surface area contributed by atoms with Crippen LogP contribution in [0.4, 0.5) is 0 Å². The van der Waals surface area contributed by atoms with Gasteiger partial charge < -0.3 is 9.63 Å². The first kappa shape index (κ1) is 19.4. The Morgan fingerprint density at radius 3 is 2.33 bits per heavy atom. The van der Waals surface area contributed by atoms with Crippen LogP contribution < -0.4 is 0 Å². The van der Waals surface area contributed by atoms with Crippen molar-refractivity contribution >= 4 is 11.0 Å². The number of phenols is 1. The Morgan fingerprint density at radius 2 is 1.67 bits per heavy atom. The van der Waals surface area contributed by atoms with Gasteiger partial charge in [0, 0.05) is 18.4 Å². The van der Waals surface area contributed by atoms with Crippen molar-refractivity contribution in [2.45, 2.75) is 52.5 Å². The molecule has 3 rings (SSSR count). The summed E-state index contributed by atoms with van der Waals surface area (Å²) in [7, 11) is 0. The van der Waals surface area contributed by atoms with Crippen molar-refractivity contribution in [2.24, 2.45) is 0 Å². The minimum atomic E-state index is 0.294. The summed E-state index contributed by atoms with van der Waals surface area (Å²) < 4.78 is 5.71. The van der Waals surface area contributed by atoms with Crippen molar-refractivity contribution in [3.05, 3.63) is 59.3 Å². The van der Waals surface area contributed by atoms with Crippen molar-refractivity contribution in [1.82, 2.24) is 10.1 Å². The van der Waals surface area contributed by atoms with Crippen molar-refractivity contribution in [3.63, 3.8) is 0 Å². The van der Waals surface area contributed by atoms with E-state index < -0.39 is 0 Å². The predicted molar refractivity (Wildman–Crippen MR) is 110 cm³/mol. The van der Waals surface area contributed by atoms with Gasteiger partial charge in [-0.15, -0.1) is 0 Å². The Bertz CT molecular complexity index is 834. The van der Waals surface area contributed by atoms with E-state index in [1.807, 2.05) is 24.3 Å². The molecular formula is C23H30N2O2. The summed E-state index contributed by atoms with van der Waals surface area (Å²) in [6.45, 7) is 7.20. The van der Waals surface area contributed by atoms with Gasteiger partial charge in [0.2, 0.25) is 0 Å². The van der Waals surface area contributed by atoms with Crippen LogP contribution in [0.2, 0.25) is 0 Å². The van der Waals surface area contributed by atoms with Crippen LogP contribution in [0.25, 0.3) is 11.0 Å². The molecule has 0 fully saturated rings. The van der Waals surface area contributed by atoms with Gasteiger partial charge >= 0.3 is 0 Å². The summed E-state index contributed by atoms with van der Waals surface area (Å²) >= 11 is 0. The lowest BCUT2D eigenvalue weighted by Gasteiger charge is -2.22. The molecule has 0 bridgehead atoms. The Hall–Kier alpha value is -2.33. The van der Waals surface area contributed by atoms with Crippen LogP contribution in [0.15, 0.2) is 47.0 Å². The SMILES string of the molecule is CCCCN(CCCC)Cc1c(O)ccc2c(Cc3ccccc3)noc12. The highest BCUT2D eigenvalue weighted by molar-refractivity contribution is 5.84. The van der Waals surface area contributed by atoms with E-state index in [2.05, 4.69) is 36.0 Å². The van der Waals surface area contributed by atoms with Crippen molar-refractivity contribution in [2.75, 3.05) is 13.1 Å². The number of hydrogen-bond acceptors (Lipinski definition) is 4. The minimum absolute atomic E-state index is 0.294. The Kier molecular flexibility index (Phi) is 6.88. The van der Waals surface area contributed by atoms with Gasteiger partial charge in [-0.2, -0.15) is 0 Å². The molecule has 1 heterocycles. The maximum Gasteiger partial charge on any atom is 0.175 e. The minimum Gasteiger partial charge on any atom is -0.507 e. The molecule has 0 aliphatic carbocycles. The van der Waals surface area contributed by atoms with E-state index >= 15 is 0 Å². The van der Waals surface area contributed by atoms with E-state index in [0.29, 0.717) is 12.3 Å². The zero-order valence-electron chi connectivity index (χ0n) is 16.4. The lowest BCUT2D eigenvalue weighted by atomic mass is 10.0. The zero-order chi connectivity index (χ0) is 19.1. The van der Waals surface area contributed by atoms with Gasteiger partial charge in [0.15, 0.2) is 5.58 Å². The van der Waals surface area contributed by atoms with Gasteiger partial charge in [-0.25, -0.2) is 0 Å². The van der Waals surface area contributed by atoms with E-state index in [1.165, 1.54) is 18.4 Å². The van der Waals surface area contributed by atoms with Crippen LogP contribution in [0.1, 0.15) is 56.4 Å². The van der Waals surface area contributed by atoms with Crippen LogP contribution in [0.3, 0.4) is 0 Å². The van der Waals surface area contributed by atoms with E-state index in [4.69, 9.17) is 4.52 Å². The molecule has 0 radical (unpaired) electrons. The third-order valence-corrected chi connectivity index (χ3v) is 5.05. The van der Waals surface area contributed by atoms with Gasteiger partial charge in [0.25, 0.3) is 0 Å². The second-order valence-corrected chi connectivity index (χ2v) is 7.21. The largest absolute Gasteiger partial charge is 0.507 e. The first-order valence-electron chi connectivity index (χ1n) is 10.1. The molecule has 0 atom stereocenters. The molecule has 0 spiro atoms. The molecule has 0 unspecified atom stereocenters. The van der Waals surface area contributed by atoms with Gasteiger partial charge in [-0.1, -0.05) is 62.2 Å². The summed E-state index contributed by atoms with van der Waals surface area (Å²) in [6, 6.07) is 14.0. The van der Waals surface area contributed by atoms with Crippen LogP contribution in [-0.4, -0.2) is 28.3 Å². The highest BCUT2D eigenvalue weighted by atomic mass is 16.5. The first-order chi connectivity index (χ1) is 13.2.